The average Bonchev–Trinajstić information content (AvgIpc) is 3.33. The number of amides is 1. The van der Waals surface area contributed by atoms with Crippen LogP contribution < -0.4 is 15.4 Å². The van der Waals surface area contributed by atoms with Crippen LogP contribution >= 0.6 is 11.8 Å². The third-order valence-corrected chi connectivity index (χ3v) is 7.55. The number of hydrogen-bond acceptors (Lipinski definition) is 11. The molecule has 1 heterocycles. The van der Waals surface area contributed by atoms with Crippen molar-refractivity contribution in [2.45, 2.75) is 46.0 Å². The SMILES string of the molecule is CCOC(=O)C1=C(Nc2ccccc2)S/C(=C\c2ccc(OCCOCCCCCOCCNC(=O)CCC(C)=O)c(O)c2)C1=O. The maximum Gasteiger partial charge on any atom is 0.344 e. The number of hydrogen-bond donors (Lipinski definition) is 3. The fraction of sp³-hybridized carbons (Fsp3) is 0.412. The number of carbonyl (C=O) groups excluding carboxylic acids is 4. The summed E-state index contributed by atoms with van der Waals surface area (Å²) in [4.78, 5) is 48.5. The number of thioether (sulfide) groups is 1. The van der Waals surface area contributed by atoms with Gasteiger partial charge in [-0.25, -0.2) is 4.79 Å². The molecule has 0 fully saturated rings. The number of carbonyl (C=O) groups is 4. The quantitative estimate of drug-likeness (QED) is 0.0722. The van der Waals surface area contributed by atoms with Crippen molar-refractivity contribution in [1.29, 1.82) is 0 Å². The Morgan fingerprint density at radius 2 is 1.65 bits per heavy atom. The maximum absolute atomic E-state index is 13.2. The molecule has 2 aromatic rings. The molecule has 0 saturated carbocycles. The number of ether oxygens (including phenoxy) is 4. The molecule has 3 rings (SSSR count). The number of anilines is 1. The van der Waals surface area contributed by atoms with E-state index < -0.39 is 11.8 Å². The molecule has 248 valence electrons. The van der Waals surface area contributed by atoms with Crippen LogP contribution in [0.4, 0.5) is 5.69 Å². The molecule has 0 saturated heterocycles. The molecule has 0 aliphatic carbocycles. The molecular formula is C34H42N2O9S. The Bertz CT molecular complexity index is 1390. The van der Waals surface area contributed by atoms with Gasteiger partial charge in [-0.05, 0) is 69.0 Å². The molecule has 0 bridgehead atoms. The third kappa shape index (κ3) is 12.7. The molecular weight excluding hydrogens is 612 g/mol. The van der Waals surface area contributed by atoms with E-state index in [-0.39, 0.29) is 49.1 Å². The second-order valence-corrected chi connectivity index (χ2v) is 11.3. The van der Waals surface area contributed by atoms with E-state index in [1.165, 1.54) is 13.0 Å². The number of benzene rings is 2. The number of phenolic OH excluding ortho intramolecular Hbond substituents is 1. The van der Waals surface area contributed by atoms with Gasteiger partial charge in [-0.3, -0.25) is 9.59 Å². The summed E-state index contributed by atoms with van der Waals surface area (Å²) in [6.07, 6.45) is 4.76. The molecule has 0 unspecified atom stereocenters. The second-order valence-electron chi connectivity index (χ2n) is 10.3. The minimum absolute atomic E-state index is 0.000352. The minimum Gasteiger partial charge on any atom is -0.504 e. The molecule has 0 aromatic heterocycles. The molecule has 0 atom stereocenters. The Labute approximate surface area is 273 Å². The van der Waals surface area contributed by atoms with Crippen molar-refractivity contribution in [3.8, 4) is 11.5 Å². The molecule has 1 amide bonds. The van der Waals surface area contributed by atoms with Gasteiger partial charge in [0.1, 0.15) is 18.0 Å². The highest BCUT2D eigenvalue weighted by Gasteiger charge is 2.35. The van der Waals surface area contributed by atoms with E-state index in [1.807, 2.05) is 30.3 Å². The lowest BCUT2D eigenvalue weighted by molar-refractivity contribution is -0.139. The monoisotopic (exact) mass is 654 g/mol. The summed E-state index contributed by atoms with van der Waals surface area (Å²) in [5.41, 5.74) is 1.24. The molecule has 1 aliphatic rings. The Hall–Kier alpha value is -4.13. The number of unbranched alkanes of at least 4 members (excludes halogenated alkanes) is 2. The second kappa shape index (κ2) is 20.1. The number of rotatable bonds is 21. The van der Waals surface area contributed by atoms with Crippen LogP contribution in [-0.4, -0.2) is 74.7 Å². The Balaban J connectivity index is 1.34. The molecule has 0 spiro atoms. The van der Waals surface area contributed by atoms with Gasteiger partial charge in [0.2, 0.25) is 11.7 Å². The van der Waals surface area contributed by atoms with Crippen LogP contribution in [0.3, 0.4) is 0 Å². The third-order valence-electron chi connectivity index (χ3n) is 6.52. The summed E-state index contributed by atoms with van der Waals surface area (Å²) < 4.78 is 21.9. The van der Waals surface area contributed by atoms with Crippen molar-refractivity contribution in [3.63, 3.8) is 0 Å². The standard InChI is InChI=1S/C34H42N2O9S/c1-3-44-34(41)31-32(40)29(46-33(31)36-26-10-6-4-7-11-26)23-25-13-14-28(27(38)22-25)45-21-20-43-18-9-5-8-17-42-19-16-35-30(39)15-12-24(2)37/h4,6-7,10-11,13-14,22-23,36,38H,3,5,8-9,12,15-21H2,1-2H3,(H,35,39)/b29-23-. The van der Waals surface area contributed by atoms with E-state index in [2.05, 4.69) is 10.6 Å². The number of para-hydroxylation sites is 1. The summed E-state index contributed by atoms with van der Waals surface area (Å²) in [7, 11) is 0. The lowest BCUT2D eigenvalue weighted by Gasteiger charge is -2.10. The zero-order valence-electron chi connectivity index (χ0n) is 26.3. The topological polar surface area (TPSA) is 149 Å². The van der Waals surface area contributed by atoms with Gasteiger partial charge in [0.25, 0.3) is 0 Å². The molecule has 1 aliphatic heterocycles. The van der Waals surface area contributed by atoms with E-state index in [0.717, 1.165) is 36.7 Å². The summed E-state index contributed by atoms with van der Waals surface area (Å²) in [6.45, 7) is 5.93. The zero-order chi connectivity index (χ0) is 33.1. The average molecular weight is 655 g/mol. The van der Waals surface area contributed by atoms with Gasteiger partial charge in [0.05, 0.1) is 29.8 Å². The number of nitrogens with one attached hydrogen (secondary N) is 2. The number of esters is 1. The first-order valence-electron chi connectivity index (χ1n) is 15.3. The van der Waals surface area contributed by atoms with Crippen molar-refractivity contribution in [2.75, 3.05) is 51.5 Å². The predicted molar refractivity (Wildman–Crippen MR) is 176 cm³/mol. The molecule has 11 nitrogen and oxygen atoms in total. The predicted octanol–water partition coefficient (Wildman–Crippen LogP) is 5.00. The van der Waals surface area contributed by atoms with E-state index in [1.54, 1.807) is 25.1 Å². The lowest BCUT2D eigenvalue weighted by Crippen LogP contribution is -2.27. The van der Waals surface area contributed by atoms with Gasteiger partial charge < -0.3 is 39.5 Å². The summed E-state index contributed by atoms with van der Waals surface area (Å²) in [5.74, 6) is -1.07. The van der Waals surface area contributed by atoms with Crippen LogP contribution in [0.5, 0.6) is 11.5 Å². The van der Waals surface area contributed by atoms with E-state index in [0.29, 0.717) is 54.2 Å². The van der Waals surface area contributed by atoms with Gasteiger partial charge >= 0.3 is 5.97 Å². The summed E-state index contributed by atoms with van der Waals surface area (Å²) in [5, 5.41) is 16.8. The van der Waals surface area contributed by atoms with Gasteiger partial charge in [0, 0.05) is 38.3 Å². The summed E-state index contributed by atoms with van der Waals surface area (Å²) in [6, 6.07) is 14.1. The Kier molecular flexibility index (Phi) is 15.9. The number of Topliss-reactive ketones (excluding diaryl/α,β-unsaturated/α-hetero) is 2. The Morgan fingerprint density at radius 3 is 2.35 bits per heavy atom. The molecule has 46 heavy (non-hydrogen) atoms. The van der Waals surface area contributed by atoms with E-state index in [9.17, 15) is 24.3 Å². The van der Waals surface area contributed by atoms with Crippen molar-refractivity contribution in [3.05, 3.63) is 69.6 Å². The first-order valence-corrected chi connectivity index (χ1v) is 16.1. The molecule has 2 aromatic carbocycles. The van der Waals surface area contributed by atoms with Gasteiger partial charge in [-0.1, -0.05) is 36.0 Å². The van der Waals surface area contributed by atoms with Crippen LogP contribution in [0.15, 0.2) is 64.0 Å². The number of aromatic hydroxyl groups is 1. The Morgan fingerprint density at radius 1 is 0.913 bits per heavy atom. The van der Waals surface area contributed by atoms with Crippen molar-refractivity contribution >= 4 is 47.0 Å². The van der Waals surface area contributed by atoms with Crippen LogP contribution in [0.1, 0.15) is 51.5 Å². The molecule has 12 heteroatoms. The largest absolute Gasteiger partial charge is 0.504 e. The smallest absolute Gasteiger partial charge is 0.344 e. The molecule has 0 radical (unpaired) electrons. The lowest BCUT2D eigenvalue weighted by atomic mass is 10.1. The first-order chi connectivity index (χ1) is 22.3. The van der Waals surface area contributed by atoms with Crippen LogP contribution in [0.25, 0.3) is 6.08 Å². The van der Waals surface area contributed by atoms with E-state index in [4.69, 9.17) is 18.9 Å². The number of ketones is 2. The van der Waals surface area contributed by atoms with Crippen LogP contribution in [-0.2, 0) is 33.4 Å². The van der Waals surface area contributed by atoms with Crippen LogP contribution in [0, 0.1) is 0 Å². The normalized spacial score (nSPS) is 13.6. The highest BCUT2D eigenvalue weighted by Crippen LogP contribution is 2.41. The highest BCUT2D eigenvalue weighted by atomic mass is 32.2. The number of phenols is 1. The zero-order valence-corrected chi connectivity index (χ0v) is 27.1. The number of allylic oxidation sites excluding steroid dienone is 1. The van der Waals surface area contributed by atoms with Crippen LogP contribution in [0.2, 0.25) is 0 Å². The fourth-order valence-electron chi connectivity index (χ4n) is 4.20. The fourth-order valence-corrected chi connectivity index (χ4v) is 5.25. The van der Waals surface area contributed by atoms with E-state index >= 15 is 0 Å². The first kappa shape index (κ1) is 36.3. The molecule has 3 N–H and O–H groups in total. The van der Waals surface area contributed by atoms with Gasteiger partial charge in [-0.2, -0.15) is 0 Å². The van der Waals surface area contributed by atoms with Crippen molar-refractivity contribution in [2.24, 2.45) is 0 Å². The van der Waals surface area contributed by atoms with Crippen molar-refractivity contribution < 1.29 is 43.2 Å². The van der Waals surface area contributed by atoms with Gasteiger partial charge in [-0.15, -0.1) is 0 Å². The minimum atomic E-state index is -0.692. The maximum atomic E-state index is 13.2. The highest BCUT2D eigenvalue weighted by molar-refractivity contribution is 8.08. The summed E-state index contributed by atoms with van der Waals surface area (Å²) >= 11 is 1.13. The van der Waals surface area contributed by atoms with Crippen molar-refractivity contribution in [1.82, 2.24) is 5.32 Å². The van der Waals surface area contributed by atoms with Gasteiger partial charge in [0.15, 0.2) is 11.5 Å².